The Morgan fingerprint density at radius 2 is 1.91 bits per heavy atom. The standard InChI is InChI=1S/C19H16Cl2F3N5O4S2/c1-10(26-17(30)11-5-13(21)7-14(6-11)35(2,32)33)16-27-18(34(31)9-19(22,23)24)28-29(16)15-4-3-12(20)8-25-15/h3-8,10H,9H2,1-2H3,(H,26,30). The molecule has 16 heteroatoms. The van der Waals surface area contributed by atoms with E-state index in [2.05, 4.69) is 20.4 Å². The molecular formula is C19H16Cl2F3N5O4S2. The summed E-state index contributed by atoms with van der Waals surface area (Å²) >= 11 is 9.16. The van der Waals surface area contributed by atoms with Crippen molar-refractivity contribution in [3.63, 3.8) is 0 Å². The first-order valence-electron chi connectivity index (χ1n) is 9.49. The van der Waals surface area contributed by atoms with Gasteiger partial charge in [0.25, 0.3) is 5.91 Å². The van der Waals surface area contributed by atoms with Gasteiger partial charge >= 0.3 is 11.3 Å². The van der Waals surface area contributed by atoms with Crippen LogP contribution in [0.15, 0.2) is 46.6 Å². The van der Waals surface area contributed by atoms with Crippen LogP contribution in [0.5, 0.6) is 0 Å². The lowest BCUT2D eigenvalue weighted by Gasteiger charge is -2.14. The highest BCUT2D eigenvalue weighted by Crippen LogP contribution is 2.24. The number of benzene rings is 1. The second kappa shape index (κ2) is 10.3. The van der Waals surface area contributed by atoms with Crippen molar-refractivity contribution in [1.82, 2.24) is 25.1 Å². The summed E-state index contributed by atoms with van der Waals surface area (Å²) in [5.41, 5.74) is -0.0821. The molecule has 0 radical (unpaired) electrons. The molecule has 3 rings (SSSR count). The van der Waals surface area contributed by atoms with Gasteiger partial charge in [-0.2, -0.15) is 22.8 Å². The molecule has 1 amide bonds. The van der Waals surface area contributed by atoms with Crippen LogP contribution in [0, 0.1) is 0 Å². The number of amides is 1. The number of hydrogen-bond acceptors (Lipinski definition) is 7. The molecule has 0 aliphatic carbocycles. The van der Waals surface area contributed by atoms with Crippen LogP contribution in [0.3, 0.4) is 0 Å². The third-order valence-corrected chi connectivity index (χ3v) is 7.04. The first-order valence-corrected chi connectivity index (χ1v) is 13.5. The second-order valence-corrected chi connectivity index (χ2v) is 11.5. The third kappa shape index (κ3) is 7.07. The van der Waals surface area contributed by atoms with E-state index in [-0.39, 0.29) is 32.1 Å². The fraction of sp³-hybridized carbons (Fsp3) is 0.263. The maximum absolute atomic E-state index is 12.8. The molecule has 0 fully saturated rings. The minimum atomic E-state index is -4.72. The van der Waals surface area contributed by atoms with E-state index in [0.717, 1.165) is 17.0 Å². The van der Waals surface area contributed by atoms with Gasteiger partial charge in [-0.3, -0.25) is 4.79 Å². The molecule has 1 N–H and O–H groups in total. The molecule has 2 heterocycles. The summed E-state index contributed by atoms with van der Waals surface area (Å²) in [6.45, 7) is 1.45. The molecule has 0 bridgehead atoms. The van der Waals surface area contributed by atoms with Gasteiger partial charge in [-0.1, -0.05) is 28.3 Å². The molecule has 0 spiro atoms. The molecule has 0 aliphatic rings. The van der Waals surface area contributed by atoms with Gasteiger partial charge in [0.05, 0.1) is 16.0 Å². The lowest BCUT2D eigenvalue weighted by Crippen LogP contribution is -2.29. The average Bonchev–Trinajstić information content (AvgIpc) is 3.18. The van der Waals surface area contributed by atoms with Crippen LogP contribution < -0.4 is 5.32 Å². The molecule has 35 heavy (non-hydrogen) atoms. The number of nitrogens with one attached hydrogen (secondary N) is 1. The van der Waals surface area contributed by atoms with Crippen molar-refractivity contribution in [1.29, 1.82) is 0 Å². The van der Waals surface area contributed by atoms with E-state index in [1.54, 1.807) is 0 Å². The van der Waals surface area contributed by atoms with Crippen LogP contribution in [0.2, 0.25) is 10.0 Å². The molecule has 9 nitrogen and oxygen atoms in total. The topological polar surface area (TPSA) is 130 Å². The van der Waals surface area contributed by atoms with E-state index in [1.807, 2.05) is 0 Å². The zero-order chi connectivity index (χ0) is 26.1. The zero-order valence-electron chi connectivity index (χ0n) is 17.9. The minimum Gasteiger partial charge on any atom is -0.609 e. The van der Waals surface area contributed by atoms with Crippen LogP contribution in [-0.4, -0.2) is 56.8 Å². The third-order valence-electron chi connectivity index (χ3n) is 4.34. The highest BCUT2D eigenvalue weighted by Gasteiger charge is 2.38. The Hall–Kier alpha value is -2.39. The Balaban J connectivity index is 1.97. The highest BCUT2D eigenvalue weighted by molar-refractivity contribution is 7.91. The van der Waals surface area contributed by atoms with Gasteiger partial charge in [-0.25, -0.2) is 13.4 Å². The van der Waals surface area contributed by atoms with E-state index in [4.69, 9.17) is 23.2 Å². The predicted molar refractivity (Wildman–Crippen MR) is 122 cm³/mol. The van der Waals surface area contributed by atoms with Crippen molar-refractivity contribution >= 4 is 50.1 Å². The van der Waals surface area contributed by atoms with E-state index in [1.165, 1.54) is 37.4 Å². The summed E-state index contributed by atoms with van der Waals surface area (Å²) in [6.07, 6.45) is -2.51. The molecular weight excluding hydrogens is 554 g/mol. The number of pyridine rings is 1. The smallest absolute Gasteiger partial charge is 0.433 e. The molecule has 1 aromatic carbocycles. The van der Waals surface area contributed by atoms with Gasteiger partial charge in [0.1, 0.15) is 0 Å². The minimum absolute atomic E-state index is 0.00379. The number of carbonyl (C=O) groups is 1. The Labute approximate surface area is 210 Å². The van der Waals surface area contributed by atoms with Crippen LogP contribution in [0.4, 0.5) is 13.2 Å². The van der Waals surface area contributed by atoms with Gasteiger partial charge in [0.15, 0.2) is 21.5 Å². The van der Waals surface area contributed by atoms with Crippen LogP contribution in [-0.2, 0) is 21.0 Å². The molecule has 0 saturated heterocycles. The summed E-state index contributed by atoms with van der Waals surface area (Å²) in [5.74, 6) is -2.40. The lowest BCUT2D eigenvalue weighted by molar-refractivity contribution is -0.106. The molecule has 2 aromatic heterocycles. The Kier molecular flexibility index (Phi) is 8.01. The van der Waals surface area contributed by atoms with Gasteiger partial charge in [-0.05, 0) is 37.3 Å². The first-order chi connectivity index (χ1) is 16.1. The summed E-state index contributed by atoms with van der Waals surface area (Å²) in [7, 11) is -3.67. The predicted octanol–water partition coefficient (Wildman–Crippen LogP) is 3.53. The maximum atomic E-state index is 12.8. The van der Waals surface area contributed by atoms with Crippen LogP contribution >= 0.6 is 23.2 Å². The van der Waals surface area contributed by atoms with Crippen molar-refractivity contribution in [3.8, 4) is 5.82 Å². The van der Waals surface area contributed by atoms with Crippen LogP contribution in [0.25, 0.3) is 5.82 Å². The summed E-state index contributed by atoms with van der Waals surface area (Å²) < 4.78 is 75.2. The van der Waals surface area contributed by atoms with Crippen molar-refractivity contribution < 1.29 is 30.9 Å². The molecule has 0 saturated carbocycles. The number of aromatic nitrogens is 4. The monoisotopic (exact) mass is 569 g/mol. The van der Waals surface area contributed by atoms with E-state index >= 15 is 0 Å². The molecule has 2 unspecified atom stereocenters. The fourth-order valence-corrected chi connectivity index (χ4v) is 4.70. The Morgan fingerprint density at radius 3 is 2.49 bits per heavy atom. The number of nitrogens with zero attached hydrogens (tertiary/aromatic N) is 4. The molecule has 188 valence electrons. The number of alkyl halides is 3. The van der Waals surface area contributed by atoms with Gasteiger partial charge < -0.3 is 9.87 Å². The van der Waals surface area contributed by atoms with E-state index in [9.17, 15) is 30.9 Å². The second-order valence-electron chi connectivity index (χ2n) is 7.25. The van der Waals surface area contributed by atoms with Gasteiger partial charge in [0, 0.05) is 34.2 Å². The van der Waals surface area contributed by atoms with Crippen molar-refractivity contribution in [2.75, 3.05) is 12.0 Å². The van der Waals surface area contributed by atoms with E-state index < -0.39 is 50.0 Å². The molecule has 2 atom stereocenters. The number of rotatable bonds is 7. The van der Waals surface area contributed by atoms with Crippen LogP contribution in [0.1, 0.15) is 29.1 Å². The number of carbonyl (C=O) groups excluding carboxylic acids is 1. The SMILES string of the molecule is CC(NC(=O)c1cc(Cl)cc(S(C)(=O)=O)c1)c1nc([S+]([O-])CC(F)(F)F)nn1-c1ccc(Cl)cn1. The summed E-state index contributed by atoms with van der Waals surface area (Å²) in [6, 6.07) is 5.41. The zero-order valence-corrected chi connectivity index (χ0v) is 21.0. The van der Waals surface area contributed by atoms with Crippen molar-refractivity contribution in [2.24, 2.45) is 0 Å². The van der Waals surface area contributed by atoms with E-state index in [0.29, 0.717) is 0 Å². The largest absolute Gasteiger partial charge is 0.609 e. The van der Waals surface area contributed by atoms with Crippen molar-refractivity contribution in [2.45, 2.75) is 29.2 Å². The van der Waals surface area contributed by atoms with Gasteiger partial charge in [-0.15, -0.1) is 0 Å². The quantitative estimate of drug-likeness (QED) is 0.430. The Morgan fingerprint density at radius 1 is 1.23 bits per heavy atom. The Bertz CT molecular complexity index is 1350. The normalized spacial score (nSPS) is 13.9. The fourth-order valence-electron chi connectivity index (χ4n) is 2.81. The number of halogens is 5. The molecule has 0 aliphatic heterocycles. The lowest BCUT2D eigenvalue weighted by atomic mass is 10.2. The maximum Gasteiger partial charge on any atom is 0.433 e. The number of hydrogen-bond donors (Lipinski definition) is 1. The van der Waals surface area contributed by atoms with Gasteiger partial charge in [0.2, 0.25) is 5.75 Å². The highest BCUT2D eigenvalue weighted by atomic mass is 35.5. The number of sulfone groups is 1. The first kappa shape index (κ1) is 27.2. The summed E-state index contributed by atoms with van der Waals surface area (Å²) in [4.78, 5) is 20.6. The average molecular weight is 570 g/mol. The summed E-state index contributed by atoms with van der Waals surface area (Å²) in [5, 5.41) is 6.12. The van der Waals surface area contributed by atoms with Crippen molar-refractivity contribution in [3.05, 3.63) is 58.0 Å². The molecule has 3 aromatic rings.